The largest absolute Gasteiger partial charge is 0.479 e. The monoisotopic (exact) mass is 283 g/mol. The summed E-state index contributed by atoms with van der Waals surface area (Å²) >= 11 is 0. The van der Waals surface area contributed by atoms with Crippen molar-refractivity contribution in [2.75, 3.05) is 0 Å². The number of carbonyl (C=O) groups excluding carboxylic acids is 2. The molecular weight excluding hydrogens is 274 g/mol. The van der Waals surface area contributed by atoms with Gasteiger partial charge in [-0.05, 0) is 5.56 Å². The third kappa shape index (κ3) is 1.95. The number of imide groups is 1. The Morgan fingerprint density at radius 2 is 1.52 bits per heavy atom. The molecule has 0 fully saturated rings. The summed E-state index contributed by atoms with van der Waals surface area (Å²) in [6.45, 7) is 0. The number of carbonyl (C=O) groups is 3. The summed E-state index contributed by atoms with van der Waals surface area (Å²) in [6.07, 6.45) is 2.57. The van der Waals surface area contributed by atoms with Crippen LogP contribution in [0.15, 0.2) is 42.7 Å². The summed E-state index contributed by atoms with van der Waals surface area (Å²) in [5.74, 6) is -2.80. The molecule has 2 aromatic rings. The van der Waals surface area contributed by atoms with Crippen LogP contribution in [0.4, 0.5) is 0 Å². The van der Waals surface area contributed by atoms with Gasteiger partial charge in [-0.3, -0.25) is 14.5 Å². The second-order valence-electron chi connectivity index (χ2n) is 4.39. The van der Waals surface area contributed by atoms with Crippen molar-refractivity contribution in [2.24, 2.45) is 0 Å². The van der Waals surface area contributed by atoms with Crippen LogP contribution in [0.25, 0.3) is 0 Å². The third-order valence-corrected chi connectivity index (χ3v) is 3.15. The van der Waals surface area contributed by atoms with Gasteiger partial charge in [0, 0.05) is 12.4 Å². The lowest BCUT2D eigenvalue weighted by Gasteiger charge is -2.22. The molecule has 1 atom stereocenters. The molecule has 0 saturated carbocycles. The average molecular weight is 283 g/mol. The highest BCUT2D eigenvalue weighted by atomic mass is 16.4. The second-order valence-corrected chi connectivity index (χ2v) is 4.39. The van der Waals surface area contributed by atoms with Crippen molar-refractivity contribution in [3.05, 3.63) is 59.7 Å². The number of nitrogens with zero attached hydrogens (tertiary/aromatic N) is 3. The quantitative estimate of drug-likeness (QED) is 0.840. The summed E-state index contributed by atoms with van der Waals surface area (Å²) in [4.78, 5) is 44.4. The Morgan fingerprint density at radius 1 is 1.00 bits per heavy atom. The Kier molecular flexibility index (Phi) is 2.94. The van der Waals surface area contributed by atoms with Gasteiger partial charge in [0.25, 0.3) is 11.8 Å². The molecule has 21 heavy (non-hydrogen) atoms. The molecule has 0 aliphatic carbocycles. The van der Waals surface area contributed by atoms with E-state index in [9.17, 15) is 19.5 Å². The van der Waals surface area contributed by atoms with Crippen molar-refractivity contribution in [1.29, 1.82) is 0 Å². The Labute approximate surface area is 118 Å². The van der Waals surface area contributed by atoms with Crippen LogP contribution in [0, 0.1) is 0 Å². The summed E-state index contributed by atoms with van der Waals surface area (Å²) < 4.78 is 0. The van der Waals surface area contributed by atoms with Gasteiger partial charge in [0.1, 0.15) is 0 Å². The number of aromatic nitrogens is 2. The standard InChI is InChI=1S/C14H9N3O4/c18-12-9-10(16-7-6-15-9)13(19)17(12)11(14(20)21)8-4-2-1-3-5-8/h1-7,11H,(H,20,21)/t11-/m0/s1. The van der Waals surface area contributed by atoms with E-state index in [1.54, 1.807) is 30.3 Å². The van der Waals surface area contributed by atoms with Crippen molar-refractivity contribution < 1.29 is 19.5 Å². The fourth-order valence-electron chi connectivity index (χ4n) is 2.24. The molecule has 1 aliphatic rings. The van der Waals surface area contributed by atoms with Gasteiger partial charge in [-0.2, -0.15) is 0 Å². The molecule has 0 spiro atoms. The van der Waals surface area contributed by atoms with Crippen LogP contribution in [0.1, 0.15) is 32.6 Å². The molecule has 2 heterocycles. The van der Waals surface area contributed by atoms with Gasteiger partial charge >= 0.3 is 5.97 Å². The lowest BCUT2D eigenvalue weighted by atomic mass is 10.1. The lowest BCUT2D eigenvalue weighted by Crippen LogP contribution is -2.38. The molecule has 0 bridgehead atoms. The van der Waals surface area contributed by atoms with Crippen LogP contribution in [0.5, 0.6) is 0 Å². The molecule has 1 aromatic heterocycles. The Balaban J connectivity index is 2.09. The molecule has 1 aromatic carbocycles. The molecule has 7 heteroatoms. The highest BCUT2D eigenvalue weighted by Gasteiger charge is 2.45. The van der Waals surface area contributed by atoms with E-state index in [0.717, 1.165) is 0 Å². The van der Waals surface area contributed by atoms with Gasteiger partial charge in [0.05, 0.1) is 0 Å². The van der Waals surface area contributed by atoms with Crippen LogP contribution in [0.2, 0.25) is 0 Å². The number of hydrogen-bond donors (Lipinski definition) is 1. The number of rotatable bonds is 3. The zero-order valence-electron chi connectivity index (χ0n) is 10.6. The molecule has 3 rings (SSSR count). The van der Waals surface area contributed by atoms with Gasteiger partial charge in [-0.15, -0.1) is 0 Å². The van der Waals surface area contributed by atoms with E-state index in [0.29, 0.717) is 10.5 Å². The van der Waals surface area contributed by atoms with Crippen molar-refractivity contribution in [3.63, 3.8) is 0 Å². The Hall–Kier alpha value is -3.09. The Morgan fingerprint density at radius 3 is 2.00 bits per heavy atom. The fraction of sp³-hybridized carbons (Fsp3) is 0.0714. The number of aliphatic carboxylic acids is 1. The van der Waals surface area contributed by atoms with Gasteiger partial charge in [0.15, 0.2) is 17.4 Å². The number of carboxylic acids is 1. The molecule has 104 valence electrons. The first-order chi connectivity index (χ1) is 10.1. The second kappa shape index (κ2) is 4.78. The van der Waals surface area contributed by atoms with E-state index in [1.165, 1.54) is 12.4 Å². The van der Waals surface area contributed by atoms with E-state index in [4.69, 9.17) is 0 Å². The van der Waals surface area contributed by atoms with Crippen molar-refractivity contribution in [2.45, 2.75) is 6.04 Å². The predicted octanol–water partition coefficient (Wildman–Crippen LogP) is 0.898. The SMILES string of the molecule is O=C(O)[C@H](c1ccccc1)N1C(=O)c2nccnc2C1=O. The summed E-state index contributed by atoms with van der Waals surface area (Å²) in [5, 5.41) is 9.41. The van der Waals surface area contributed by atoms with Crippen molar-refractivity contribution in [1.82, 2.24) is 14.9 Å². The molecule has 0 unspecified atom stereocenters. The van der Waals surface area contributed by atoms with Crippen LogP contribution in [0.3, 0.4) is 0 Å². The zero-order chi connectivity index (χ0) is 15.0. The number of benzene rings is 1. The van der Waals surface area contributed by atoms with Crippen molar-refractivity contribution >= 4 is 17.8 Å². The first-order valence-electron chi connectivity index (χ1n) is 6.08. The van der Waals surface area contributed by atoms with E-state index in [-0.39, 0.29) is 11.4 Å². The number of fused-ring (bicyclic) bond motifs is 1. The maximum Gasteiger partial charge on any atom is 0.331 e. The van der Waals surface area contributed by atoms with E-state index >= 15 is 0 Å². The van der Waals surface area contributed by atoms with Gasteiger partial charge in [-0.1, -0.05) is 30.3 Å². The topological polar surface area (TPSA) is 100 Å². The maximum absolute atomic E-state index is 12.3. The molecule has 2 amide bonds. The molecule has 0 saturated heterocycles. The van der Waals surface area contributed by atoms with Crippen molar-refractivity contribution in [3.8, 4) is 0 Å². The number of amides is 2. The van der Waals surface area contributed by atoms with E-state index in [2.05, 4.69) is 9.97 Å². The molecule has 1 N–H and O–H groups in total. The maximum atomic E-state index is 12.3. The number of hydrogen-bond acceptors (Lipinski definition) is 5. The average Bonchev–Trinajstić information content (AvgIpc) is 2.74. The smallest absolute Gasteiger partial charge is 0.331 e. The fourth-order valence-corrected chi connectivity index (χ4v) is 2.24. The lowest BCUT2D eigenvalue weighted by molar-refractivity contribution is -0.141. The van der Waals surface area contributed by atoms with Crippen LogP contribution < -0.4 is 0 Å². The Bertz CT molecular complexity index is 710. The van der Waals surface area contributed by atoms with Gasteiger partial charge < -0.3 is 5.11 Å². The predicted molar refractivity (Wildman–Crippen MR) is 69.4 cm³/mol. The molecule has 7 nitrogen and oxygen atoms in total. The summed E-state index contributed by atoms with van der Waals surface area (Å²) in [7, 11) is 0. The van der Waals surface area contributed by atoms with E-state index < -0.39 is 23.8 Å². The summed E-state index contributed by atoms with van der Waals surface area (Å²) in [6, 6.07) is 6.68. The molecular formula is C14H9N3O4. The van der Waals surface area contributed by atoms with E-state index in [1.807, 2.05) is 0 Å². The number of carboxylic acid groups (broad SMARTS) is 1. The highest BCUT2D eigenvalue weighted by Crippen LogP contribution is 2.29. The van der Waals surface area contributed by atoms with Crippen LogP contribution >= 0.6 is 0 Å². The first kappa shape index (κ1) is 12.9. The first-order valence-corrected chi connectivity index (χ1v) is 6.08. The highest BCUT2D eigenvalue weighted by molar-refractivity contribution is 6.20. The normalized spacial score (nSPS) is 15.0. The van der Waals surface area contributed by atoms with Crippen LogP contribution in [-0.2, 0) is 4.79 Å². The van der Waals surface area contributed by atoms with Crippen LogP contribution in [-0.4, -0.2) is 37.8 Å². The minimum Gasteiger partial charge on any atom is -0.479 e. The molecule has 0 radical (unpaired) electrons. The minimum atomic E-state index is -1.40. The van der Waals surface area contributed by atoms with Gasteiger partial charge in [0.2, 0.25) is 0 Å². The minimum absolute atomic E-state index is 0.121. The third-order valence-electron chi connectivity index (χ3n) is 3.15. The zero-order valence-corrected chi connectivity index (χ0v) is 10.6. The molecule has 1 aliphatic heterocycles. The summed E-state index contributed by atoms with van der Waals surface area (Å²) in [5.41, 5.74) is 0.0915. The van der Waals surface area contributed by atoms with Gasteiger partial charge in [-0.25, -0.2) is 14.8 Å².